The van der Waals surface area contributed by atoms with Crippen molar-refractivity contribution in [3.8, 4) is 0 Å². The predicted molar refractivity (Wildman–Crippen MR) is 123 cm³/mol. The summed E-state index contributed by atoms with van der Waals surface area (Å²) in [6, 6.07) is 16.4. The summed E-state index contributed by atoms with van der Waals surface area (Å²) in [5.74, 6) is -0.411. The van der Waals surface area contributed by atoms with Crippen LogP contribution in [0.5, 0.6) is 0 Å². The summed E-state index contributed by atoms with van der Waals surface area (Å²) in [7, 11) is -1.69. The smallest absolute Gasteiger partial charge is 0.262 e. The molecule has 1 saturated heterocycles. The van der Waals surface area contributed by atoms with Gasteiger partial charge < -0.3 is 9.80 Å². The molecule has 5 nitrogen and oxygen atoms in total. The molecule has 0 bridgehead atoms. The van der Waals surface area contributed by atoms with Gasteiger partial charge in [0.15, 0.2) is 0 Å². The maximum atomic E-state index is 13.1. The van der Waals surface area contributed by atoms with Gasteiger partial charge in [-0.3, -0.25) is 4.72 Å². The maximum Gasteiger partial charge on any atom is 0.262 e. The fraction of sp³-hybridized carbons (Fsp3) is 0.273. The van der Waals surface area contributed by atoms with E-state index in [1.807, 2.05) is 30.3 Å². The molecule has 1 heterocycles. The van der Waals surface area contributed by atoms with Crippen LogP contribution >= 0.6 is 12.4 Å². The summed E-state index contributed by atoms with van der Waals surface area (Å²) < 4.78 is 41.8. The van der Waals surface area contributed by atoms with E-state index in [0.29, 0.717) is 11.1 Å². The lowest BCUT2D eigenvalue weighted by Gasteiger charge is -2.25. The van der Waals surface area contributed by atoms with Gasteiger partial charge in [0.1, 0.15) is 5.82 Å². The molecule has 0 aliphatic carbocycles. The summed E-state index contributed by atoms with van der Waals surface area (Å²) in [5, 5.41) is 1.59. The molecule has 8 heteroatoms. The van der Waals surface area contributed by atoms with Crippen molar-refractivity contribution in [3.05, 3.63) is 66.5 Å². The van der Waals surface area contributed by atoms with Gasteiger partial charge in [-0.1, -0.05) is 24.3 Å². The number of hydrogen-bond acceptors (Lipinski definition) is 4. The van der Waals surface area contributed by atoms with E-state index in [0.717, 1.165) is 43.7 Å². The average molecular weight is 450 g/mol. The molecule has 1 fully saturated rings. The van der Waals surface area contributed by atoms with Gasteiger partial charge in [-0.25, -0.2) is 12.8 Å². The van der Waals surface area contributed by atoms with Crippen LogP contribution in [0.15, 0.2) is 65.6 Å². The standard InChI is InChI=1S/C22H24FN3O2S.ClH/c1-25-13-4-14-26(16-15-25)21-11-12-22(20-6-3-2-5-19(20)21)29(27,28)24-18-9-7-17(23)8-10-18;/h2-3,5-12,24H,4,13-16H2,1H3;1H. The molecule has 0 unspecified atom stereocenters. The Morgan fingerprint density at radius 1 is 0.867 bits per heavy atom. The molecule has 0 atom stereocenters. The van der Waals surface area contributed by atoms with Crippen molar-refractivity contribution in [3.63, 3.8) is 0 Å². The summed E-state index contributed by atoms with van der Waals surface area (Å²) in [4.78, 5) is 4.86. The number of anilines is 2. The van der Waals surface area contributed by atoms with Crippen LogP contribution in [0.25, 0.3) is 10.8 Å². The molecular formula is C22H25ClFN3O2S. The molecule has 160 valence electrons. The maximum absolute atomic E-state index is 13.1. The van der Waals surface area contributed by atoms with Crippen LogP contribution in [0, 0.1) is 5.82 Å². The molecule has 1 N–H and O–H groups in total. The van der Waals surface area contributed by atoms with Crippen LogP contribution < -0.4 is 9.62 Å². The van der Waals surface area contributed by atoms with Crippen molar-refractivity contribution in [2.75, 3.05) is 42.8 Å². The summed E-state index contributed by atoms with van der Waals surface area (Å²) in [6.07, 6.45) is 1.07. The van der Waals surface area contributed by atoms with E-state index in [1.165, 1.54) is 24.3 Å². The zero-order chi connectivity index (χ0) is 20.4. The van der Waals surface area contributed by atoms with Crippen molar-refractivity contribution in [2.45, 2.75) is 11.3 Å². The number of halogens is 2. The SMILES string of the molecule is CN1CCCN(c2ccc(S(=O)(=O)Nc3ccc(F)cc3)c3ccccc23)CC1.Cl. The summed E-state index contributed by atoms with van der Waals surface area (Å²) in [6.45, 7) is 3.87. The lowest BCUT2D eigenvalue weighted by molar-refractivity contribution is 0.360. The van der Waals surface area contributed by atoms with Crippen LogP contribution in [0.2, 0.25) is 0 Å². The number of likely N-dealkylation sites (N-methyl/N-ethyl adjacent to an activating group) is 1. The highest BCUT2D eigenvalue weighted by molar-refractivity contribution is 7.93. The molecular weight excluding hydrogens is 425 g/mol. The number of rotatable bonds is 4. The van der Waals surface area contributed by atoms with Crippen molar-refractivity contribution in [2.24, 2.45) is 0 Å². The quantitative estimate of drug-likeness (QED) is 0.643. The Balaban J connectivity index is 0.00000256. The molecule has 3 aromatic rings. The molecule has 0 aromatic heterocycles. The number of benzene rings is 3. The van der Waals surface area contributed by atoms with Gasteiger partial charge in [0.25, 0.3) is 10.0 Å². The lowest BCUT2D eigenvalue weighted by Crippen LogP contribution is -2.29. The molecule has 1 aliphatic rings. The molecule has 0 amide bonds. The molecule has 3 aromatic carbocycles. The molecule has 4 rings (SSSR count). The highest BCUT2D eigenvalue weighted by Gasteiger charge is 2.21. The van der Waals surface area contributed by atoms with Gasteiger partial charge in [0.05, 0.1) is 4.90 Å². The van der Waals surface area contributed by atoms with Crippen LogP contribution in [0.4, 0.5) is 15.8 Å². The van der Waals surface area contributed by atoms with Crippen molar-refractivity contribution in [1.82, 2.24) is 4.90 Å². The minimum Gasteiger partial charge on any atom is -0.370 e. The Bertz CT molecular complexity index is 1120. The van der Waals surface area contributed by atoms with Gasteiger partial charge in [-0.05, 0) is 56.4 Å². The Morgan fingerprint density at radius 2 is 1.57 bits per heavy atom. The molecule has 0 saturated carbocycles. The fourth-order valence-electron chi connectivity index (χ4n) is 3.78. The van der Waals surface area contributed by atoms with Gasteiger partial charge in [0, 0.05) is 41.8 Å². The number of hydrogen-bond donors (Lipinski definition) is 1. The number of nitrogens with zero attached hydrogens (tertiary/aromatic N) is 2. The van der Waals surface area contributed by atoms with E-state index >= 15 is 0 Å². The van der Waals surface area contributed by atoms with Crippen molar-refractivity contribution < 1.29 is 12.8 Å². The monoisotopic (exact) mass is 449 g/mol. The first kappa shape index (κ1) is 22.3. The fourth-order valence-corrected chi connectivity index (χ4v) is 5.05. The van der Waals surface area contributed by atoms with Gasteiger partial charge in [-0.2, -0.15) is 0 Å². The third-order valence-corrected chi connectivity index (χ3v) is 6.75. The first-order valence-corrected chi connectivity index (χ1v) is 11.2. The van der Waals surface area contributed by atoms with Gasteiger partial charge in [0.2, 0.25) is 0 Å². The highest BCUT2D eigenvalue weighted by Crippen LogP contribution is 2.33. The zero-order valence-corrected chi connectivity index (χ0v) is 18.3. The molecule has 0 spiro atoms. The minimum absolute atomic E-state index is 0. The first-order valence-electron chi connectivity index (χ1n) is 9.68. The Labute approximate surface area is 183 Å². The first-order chi connectivity index (χ1) is 13.9. The molecule has 1 aliphatic heterocycles. The van der Waals surface area contributed by atoms with Crippen molar-refractivity contribution >= 4 is 44.6 Å². The van der Waals surface area contributed by atoms with Crippen LogP contribution in [0.1, 0.15) is 6.42 Å². The number of sulfonamides is 1. The highest BCUT2D eigenvalue weighted by atomic mass is 35.5. The number of nitrogens with one attached hydrogen (secondary N) is 1. The average Bonchev–Trinajstić information content (AvgIpc) is 2.93. The second-order valence-electron chi connectivity index (χ2n) is 7.38. The second kappa shape index (κ2) is 9.20. The van der Waals surface area contributed by atoms with E-state index < -0.39 is 15.8 Å². The molecule has 30 heavy (non-hydrogen) atoms. The van der Waals surface area contributed by atoms with Gasteiger partial charge >= 0.3 is 0 Å². The van der Waals surface area contributed by atoms with Crippen LogP contribution in [-0.4, -0.2) is 46.5 Å². The van der Waals surface area contributed by atoms with Crippen LogP contribution in [0.3, 0.4) is 0 Å². The van der Waals surface area contributed by atoms with E-state index in [1.54, 1.807) is 6.07 Å². The van der Waals surface area contributed by atoms with E-state index in [2.05, 4.69) is 21.6 Å². The third-order valence-electron chi connectivity index (χ3n) is 5.31. The van der Waals surface area contributed by atoms with E-state index in [9.17, 15) is 12.8 Å². The normalized spacial score (nSPS) is 15.5. The Hall–Kier alpha value is -2.35. The Morgan fingerprint density at radius 3 is 2.30 bits per heavy atom. The largest absolute Gasteiger partial charge is 0.370 e. The van der Waals surface area contributed by atoms with Gasteiger partial charge in [-0.15, -0.1) is 12.4 Å². The minimum atomic E-state index is -3.82. The Kier molecular flexibility index (Phi) is 6.85. The third kappa shape index (κ3) is 4.69. The second-order valence-corrected chi connectivity index (χ2v) is 9.04. The predicted octanol–water partition coefficient (Wildman–Crippen LogP) is 4.34. The van der Waals surface area contributed by atoms with Crippen LogP contribution in [-0.2, 0) is 10.0 Å². The zero-order valence-electron chi connectivity index (χ0n) is 16.7. The lowest BCUT2D eigenvalue weighted by atomic mass is 10.1. The summed E-state index contributed by atoms with van der Waals surface area (Å²) in [5.41, 5.74) is 1.38. The topological polar surface area (TPSA) is 52.7 Å². The van der Waals surface area contributed by atoms with Crippen molar-refractivity contribution in [1.29, 1.82) is 0 Å². The van der Waals surface area contributed by atoms with E-state index in [-0.39, 0.29) is 17.3 Å². The van der Waals surface area contributed by atoms with E-state index in [4.69, 9.17) is 0 Å². The summed E-state index contributed by atoms with van der Waals surface area (Å²) >= 11 is 0. The molecule has 0 radical (unpaired) electrons. The number of fused-ring (bicyclic) bond motifs is 1.